The van der Waals surface area contributed by atoms with Crippen molar-refractivity contribution in [2.45, 2.75) is 25.3 Å². The highest BCUT2D eigenvalue weighted by molar-refractivity contribution is 7.91. The van der Waals surface area contributed by atoms with Gasteiger partial charge in [0.1, 0.15) is 0 Å². The number of aromatic nitrogens is 2. The lowest BCUT2D eigenvalue weighted by Crippen LogP contribution is -2.35. The summed E-state index contributed by atoms with van der Waals surface area (Å²) in [7, 11) is -3.00. The fraction of sp³-hybridized carbons (Fsp3) is 0.462. The molecule has 1 amide bonds. The summed E-state index contributed by atoms with van der Waals surface area (Å²) >= 11 is 0. The molecular formula is C13H15N3O5S. The number of carbonyl (C=O) groups excluding carboxylic acids is 1. The van der Waals surface area contributed by atoms with Crippen molar-refractivity contribution < 1.29 is 22.2 Å². The Labute approximate surface area is 126 Å². The van der Waals surface area contributed by atoms with Gasteiger partial charge in [-0.3, -0.25) is 4.79 Å². The molecule has 2 aromatic heterocycles. The van der Waals surface area contributed by atoms with E-state index in [4.69, 9.17) is 8.94 Å². The molecule has 0 aromatic carbocycles. The number of sulfone groups is 1. The summed E-state index contributed by atoms with van der Waals surface area (Å²) in [5, 5.41) is 6.48. The molecule has 3 rings (SSSR count). The quantitative estimate of drug-likeness (QED) is 0.854. The third-order valence-corrected chi connectivity index (χ3v) is 5.14. The van der Waals surface area contributed by atoms with E-state index in [0.717, 1.165) is 0 Å². The zero-order chi connectivity index (χ0) is 15.6. The molecule has 0 bridgehead atoms. The smallest absolute Gasteiger partial charge is 0.238 e. The van der Waals surface area contributed by atoms with Crippen LogP contribution in [0.3, 0.4) is 0 Å². The highest BCUT2D eigenvalue weighted by atomic mass is 32.2. The Kier molecular flexibility index (Phi) is 3.97. The summed E-state index contributed by atoms with van der Waals surface area (Å²) < 4.78 is 32.8. The second-order valence-corrected chi connectivity index (χ2v) is 7.39. The van der Waals surface area contributed by atoms with Crippen LogP contribution in [-0.4, -0.2) is 42.0 Å². The van der Waals surface area contributed by atoms with E-state index >= 15 is 0 Å². The van der Waals surface area contributed by atoms with Gasteiger partial charge in [-0.05, 0) is 18.6 Å². The minimum Gasteiger partial charge on any atom is -0.461 e. The van der Waals surface area contributed by atoms with Crippen LogP contribution in [0.1, 0.15) is 18.7 Å². The Balaban J connectivity index is 1.49. The van der Waals surface area contributed by atoms with Crippen LogP contribution in [0.25, 0.3) is 11.6 Å². The van der Waals surface area contributed by atoms with Gasteiger partial charge in [0.2, 0.25) is 17.6 Å². The number of hydrogen-bond donors (Lipinski definition) is 1. The Morgan fingerprint density at radius 3 is 3.00 bits per heavy atom. The van der Waals surface area contributed by atoms with E-state index in [1.54, 1.807) is 12.1 Å². The van der Waals surface area contributed by atoms with Gasteiger partial charge in [0, 0.05) is 18.9 Å². The fourth-order valence-electron chi connectivity index (χ4n) is 2.29. The summed E-state index contributed by atoms with van der Waals surface area (Å²) in [6.07, 6.45) is 2.43. The molecule has 1 N–H and O–H groups in total. The van der Waals surface area contributed by atoms with Gasteiger partial charge < -0.3 is 14.3 Å². The molecule has 2 aromatic rings. The molecule has 1 aliphatic rings. The first-order valence-corrected chi connectivity index (χ1v) is 8.70. The van der Waals surface area contributed by atoms with E-state index in [2.05, 4.69) is 15.5 Å². The lowest BCUT2D eigenvalue weighted by Gasteiger charge is -2.09. The molecule has 118 valence electrons. The van der Waals surface area contributed by atoms with Crippen LogP contribution in [0, 0.1) is 0 Å². The topological polar surface area (TPSA) is 115 Å². The van der Waals surface area contributed by atoms with E-state index in [9.17, 15) is 13.2 Å². The van der Waals surface area contributed by atoms with E-state index in [1.807, 2.05) is 0 Å². The molecule has 1 saturated heterocycles. The van der Waals surface area contributed by atoms with Crippen molar-refractivity contribution in [2.24, 2.45) is 0 Å². The summed E-state index contributed by atoms with van der Waals surface area (Å²) in [5.74, 6) is 1.09. The average Bonchev–Trinajstić information content (AvgIpc) is 3.16. The predicted molar refractivity (Wildman–Crippen MR) is 75.5 cm³/mol. The van der Waals surface area contributed by atoms with Crippen LogP contribution in [0.15, 0.2) is 27.3 Å². The van der Waals surface area contributed by atoms with Crippen molar-refractivity contribution in [3.8, 4) is 11.6 Å². The molecule has 1 unspecified atom stereocenters. The maximum absolute atomic E-state index is 11.8. The Morgan fingerprint density at radius 1 is 1.45 bits per heavy atom. The molecule has 1 aliphatic heterocycles. The zero-order valence-corrected chi connectivity index (χ0v) is 12.5. The minimum absolute atomic E-state index is 0.0158. The van der Waals surface area contributed by atoms with Gasteiger partial charge in [0.05, 0.1) is 17.8 Å². The van der Waals surface area contributed by atoms with Crippen molar-refractivity contribution >= 4 is 15.7 Å². The summed E-state index contributed by atoms with van der Waals surface area (Å²) in [5.41, 5.74) is 0. The maximum atomic E-state index is 11.8. The summed E-state index contributed by atoms with van der Waals surface area (Å²) in [6, 6.07) is 3.13. The third-order valence-electron chi connectivity index (χ3n) is 3.37. The summed E-state index contributed by atoms with van der Waals surface area (Å²) in [6.45, 7) is 0. The molecule has 9 heteroatoms. The minimum atomic E-state index is -3.00. The van der Waals surface area contributed by atoms with Gasteiger partial charge in [-0.1, -0.05) is 5.16 Å². The van der Waals surface area contributed by atoms with Crippen LogP contribution < -0.4 is 5.32 Å². The first-order valence-electron chi connectivity index (χ1n) is 6.88. The van der Waals surface area contributed by atoms with Crippen LogP contribution >= 0.6 is 0 Å². The van der Waals surface area contributed by atoms with Gasteiger partial charge in [0.15, 0.2) is 15.6 Å². The fourth-order valence-corrected chi connectivity index (χ4v) is 3.96. The molecule has 0 aliphatic carbocycles. The number of carbonyl (C=O) groups is 1. The van der Waals surface area contributed by atoms with Gasteiger partial charge in [-0.25, -0.2) is 8.42 Å². The van der Waals surface area contributed by atoms with Crippen molar-refractivity contribution in [3.05, 3.63) is 24.3 Å². The Morgan fingerprint density at radius 2 is 2.32 bits per heavy atom. The lowest BCUT2D eigenvalue weighted by atomic mass is 10.2. The average molecular weight is 325 g/mol. The van der Waals surface area contributed by atoms with E-state index < -0.39 is 9.84 Å². The van der Waals surface area contributed by atoms with Crippen LogP contribution in [-0.2, 0) is 21.1 Å². The highest BCUT2D eigenvalue weighted by Crippen LogP contribution is 2.16. The maximum Gasteiger partial charge on any atom is 0.238 e. The number of aryl methyl sites for hydroxylation is 1. The van der Waals surface area contributed by atoms with Crippen molar-refractivity contribution in [1.29, 1.82) is 0 Å². The number of nitrogens with one attached hydrogen (secondary N) is 1. The Hall–Kier alpha value is -2.16. The van der Waals surface area contributed by atoms with Crippen LogP contribution in [0.4, 0.5) is 0 Å². The summed E-state index contributed by atoms with van der Waals surface area (Å²) in [4.78, 5) is 15.9. The largest absolute Gasteiger partial charge is 0.461 e. The predicted octanol–water partition coefficient (Wildman–Crippen LogP) is 0.565. The SMILES string of the molecule is O=C(CCc1nc(-c2ccco2)no1)NC1CCS(=O)(=O)C1. The highest BCUT2D eigenvalue weighted by Gasteiger charge is 2.28. The second-order valence-electron chi connectivity index (χ2n) is 5.16. The normalized spacial score (nSPS) is 20.1. The van der Waals surface area contributed by atoms with E-state index in [-0.39, 0.29) is 29.9 Å². The van der Waals surface area contributed by atoms with Gasteiger partial charge in [-0.2, -0.15) is 4.98 Å². The molecule has 8 nitrogen and oxygen atoms in total. The van der Waals surface area contributed by atoms with Crippen molar-refractivity contribution in [3.63, 3.8) is 0 Å². The number of furan rings is 1. The first kappa shape index (κ1) is 14.8. The first-order chi connectivity index (χ1) is 10.5. The number of rotatable bonds is 5. The zero-order valence-electron chi connectivity index (χ0n) is 11.7. The van der Waals surface area contributed by atoms with Gasteiger partial charge in [-0.15, -0.1) is 0 Å². The molecule has 1 fully saturated rings. The number of amides is 1. The van der Waals surface area contributed by atoms with E-state index in [0.29, 0.717) is 30.3 Å². The van der Waals surface area contributed by atoms with E-state index in [1.165, 1.54) is 6.26 Å². The number of nitrogens with zero attached hydrogens (tertiary/aromatic N) is 2. The molecule has 22 heavy (non-hydrogen) atoms. The molecule has 1 atom stereocenters. The van der Waals surface area contributed by atoms with Crippen LogP contribution in [0.5, 0.6) is 0 Å². The van der Waals surface area contributed by atoms with Crippen molar-refractivity contribution in [1.82, 2.24) is 15.5 Å². The van der Waals surface area contributed by atoms with Gasteiger partial charge >= 0.3 is 0 Å². The standard InChI is InChI=1S/C13H15N3O5S/c17-11(14-9-5-7-22(18,19)8-9)3-4-12-15-13(16-21-12)10-2-1-6-20-10/h1-2,6,9H,3-5,7-8H2,(H,14,17). The lowest BCUT2D eigenvalue weighted by molar-refractivity contribution is -0.121. The number of hydrogen-bond acceptors (Lipinski definition) is 7. The molecule has 0 radical (unpaired) electrons. The molecule has 0 spiro atoms. The Bertz CT molecular complexity index is 750. The molecular weight excluding hydrogens is 310 g/mol. The monoisotopic (exact) mass is 325 g/mol. The molecule has 3 heterocycles. The van der Waals surface area contributed by atoms with Crippen molar-refractivity contribution in [2.75, 3.05) is 11.5 Å². The third kappa shape index (κ3) is 3.53. The van der Waals surface area contributed by atoms with Crippen LogP contribution in [0.2, 0.25) is 0 Å². The van der Waals surface area contributed by atoms with Gasteiger partial charge in [0.25, 0.3) is 0 Å². The molecule has 0 saturated carbocycles. The second kappa shape index (κ2) is 5.91.